The molecule has 2 unspecified atom stereocenters. The van der Waals surface area contributed by atoms with E-state index in [1.807, 2.05) is 0 Å². The second-order valence-corrected chi connectivity index (χ2v) is 17.3. The van der Waals surface area contributed by atoms with Crippen LogP contribution in [0.15, 0.2) is 223 Å². The summed E-state index contributed by atoms with van der Waals surface area (Å²) < 4.78 is 4.52. The SMILES string of the molecule is CC(/C=C(\N=C(N)C12C=CC(c3nn4c(-c5ccccc5)cc5ccccc5c4c3-c3ccccc3)=C[C@@H]1C2)c1cccc2c1c1ccccc1n2-c1ccccc1)c1ccccc1. The van der Waals surface area contributed by atoms with Gasteiger partial charge in [-0.2, -0.15) is 5.10 Å². The van der Waals surface area contributed by atoms with E-state index in [1.54, 1.807) is 0 Å². The van der Waals surface area contributed by atoms with Gasteiger partial charge in [0.05, 0.1) is 33.4 Å². The molecule has 0 bridgehead atoms. The van der Waals surface area contributed by atoms with Crippen molar-refractivity contribution in [3.63, 3.8) is 0 Å². The number of rotatable bonds is 9. The molecule has 10 aromatic rings. The van der Waals surface area contributed by atoms with Gasteiger partial charge in [-0.1, -0.05) is 195 Å². The Kier molecular flexibility index (Phi) is 8.90. The van der Waals surface area contributed by atoms with Crippen LogP contribution in [0.4, 0.5) is 0 Å². The fourth-order valence-electron chi connectivity index (χ4n) is 10.1. The molecule has 306 valence electrons. The molecule has 3 atom stereocenters. The Bertz CT molecular complexity index is 3540. The van der Waals surface area contributed by atoms with Gasteiger partial charge in [0.15, 0.2) is 0 Å². The number of para-hydroxylation sites is 2. The highest BCUT2D eigenvalue weighted by Gasteiger charge is 2.56. The van der Waals surface area contributed by atoms with Crippen LogP contribution < -0.4 is 5.73 Å². The molecule has 0 radical (unpaired) electrons. The quantitative estimate of drug-likeness (QED) is 0.116. The number of pyridine rings is 1. The molecule has 0 aliphatic heterocycles. The van der Waals surface area contributed by atoms with Gasteiger partial charge in [-0.05, 0) is 64.8 Å². The van der Waals surface area contributed by atoms with Crippen LogP contribution in [0.25, 0.3) is 77.4 Å². The summed E-state index contributed by atoms with van der Waals surface area (Å²) in [6.07, 6.45) is 10.1. The van der Waals surface area contributed by atoms with Crippen molar-refractivity contribution in [3.8, 4) is 28.1 Å². The normalized spacial score (nSPS) is 17.8. The number of hydrogen-bond donors (Lipinski definition) is 1. The van der Waals surface area contributed by atoms with E-state index in [9.17, 15) is 0 Å². The first-order valence-corrected chi connectivity index (χ1v) is 22.2. The van der Waals surface area contributed by atoms with Gasteiger partial charge in [-0.15, -0.1) is 0 Å². The zero-order chi connectivity index (χ0) is 42.8. The van der Waals surface area contributed by atoms with E-state index >= 15 is 0 Å². The number of fused-ring (bicyclic) bond motifs is 7. The molecule has 0 saturated heterocycles. The van der Waals surface area contributed by atoms with E-state index in [1.165, 1.54) is 27.1 Å². The Labute approximate surface area is 372 Å². The molecule has 2 aliphatic rings. The van der Waals surface area contributed by atoms with Crippen LogP contribution >= 0.6 is 0 Å². The minimum absolute atomic E-state index is 0.0923. The smallest absolute Gasteiger partial charge is 0.110 e. The molecule has 2 aliphatic carbocycles. The lowest BCUT2D eigenvalue weighted by Gasteiger charge is -2.18. The van der Waals surface area contributed by atoms with Gasteiger partial charge < -0.3 is 10.3 Å². The summed E-state index contributed by atoms with van der Waals surface area (Å²) in [7, 11) is 0. The van der Waals surface area contributed by atoms with Crippen LogP contribution in [-0.2, 0) is 0 Å². The lowest BCUT2D eigenvalue weighted by molar-refractivity contribution is 0.825. The van der Waals surface area contributed by atoms with E-state index in [2.05, 4.69) is 234 Å². The summed E-state index contributed by atoms with van der Waals surface area (Å²) in [4.78, 5) is 5.51. The van der Waals surface area contributed by atoms with Gasteiger partial charge in [0.2, 0.25) is 0 Å². The van der Waals surface area contributed by atoms with Crippen molar-refractivity contribution in [1.29, 1.82) is 0 Å². The number of amidine groups is 1. The third-order valence-electron chi connectivity index (χ3n) is 13.5. The molecule has 7 aromatic carbocycles. The molecule has 0 amide bonds. The van der Waals surface area contributed by atoms with Crippen LogP contribution in [0.3, 0.4) is 0 Å². The number of aliphatic imine (C=N–C) groups is 1. The summed E-state index contributed by atoms with van der Waals surface area (Å²) in [6.45, 7) is 2.24. The number of nitrogens with zero attached hydrogens (tertiary/aromatic N) is 4. The summed E-state index contributed by atoms with van der Waals surface area (Å²) in [6, 6.07) is 68.7. The van der Waals surface area contributed by atoms with Gasteiger partial charge in [0.1, 0.15) is 11.5 Å². The molecule has 5 heteroatoms. The van der Waals surface area contributed by atoms with Gasteiger partial charge in [-0.25, -0.2) is 9.51 Å². The molecule has 0 spiro atoms. The highest BCUT2D eigenvalue weighted by atomic mass is 15.2. The van der Waals surface area contributed by atoms with Crippen molar-refractivity contribution < 1.29 is 0 Å². The van der Waals surface area contributed by atoms with Gasteiger partial charge in [0.25, 0.3) is 0 Å². The predicted octanol–water partition coefficient (Wildman–Crippen LogP) is 14.1. The third-order valence-corrected chi connectivity index (χ3v) is 13.5. The van der Waals surface area contributed by atoms with E-state index in [-0.39, 0.29) is 11.8 Å². The van der Waals surface area contributed by atoms with Crippen LogP contribution in [0, 0.1) is 11.3 Å². The maximum atomic E-state index is 7.35. The number of aromatic nitrogens is 3. The number of benzene rings is 7. The topological polar surface area (TPSA) is 60.6 Å². The van der Waals surface area contributed by atoms with Crippen LogP contribution in [-0.4, -0.2) is 20.0 Å². The van der Waals surface area contributed by atoms with Crippen LogP contribution in [0.2, 0.25) is 0 Å². The fraction of sp³-hybridized carbons (Fsp3) is 0.0847. The minimum atomic E-state index is -0.390. The summed E-state index contributed by atoms with van der Waals surface area (Å²) in [5.41, 5.74) is 21.2. The molecular weight excluding hydrogens is 779 g/mol. The zero-order valence-corrected chi connectivity index (χ0v) is 35.5. The van der Waals surface area contributed by atoms with Crippen molar-refractivity contribution in [1.82, 2.24) is 14.2 Å². The largest absolute Gasteiger partial charge is 0.386 e. The summed E-state index contributed by atoms with van der Waals surface area (Å²) in [5, 5.41) is 10.2. The maximum Gasteiger partial charge on any atom is 0.110 e. The van der Waals surface area contributed by atoms with E-state index in [4.69, 9.17) is 15.8 Å². The second-order valence-electron chi connectivity index (χ2n) is 17.3. The molecule has 5 nitrogen and oxygen atoms in total. The fourth-order valence-corrected chi connectivity index (χ4v) is 10.1. The Balaban J connectivity index is 0.997. The van der Waals surface area contributed by atoms with Crippen LogP contribution in [0.5, 0.6) is 0 Å². The Morgan fingerprint density at radius 2 is 1.34 bits per heavy atom. The summed E-state index contributed by atoms with van der Waals surface area (Å²) in [5.74, 6) is 0.906. The molecule has 3 heterocycles. The maximum absolute atomic E-state index is 7.35. The monoisotopic (exact) mass is 823 g/mol. The molecule has 2 N–H and O–H groups in total. The standard InChI is InChI=1S/C59H45N5/c1-39(40-19-6-2-7-20-40)35-50(48-30-18-32-52-55(48)49-29-16-17-31-51(49)63(52)46-26-12-5-13-27-46)61-58(60)59-34-33-44(36-45(59)38-59)56-54(42-23-10-4-11-24-42)57-47-28-15-14-25-43(47)37-53(64(57)62-56)41-21-8-3-9-22-41/h2-37,39,45H,38H2,1H3,(H2,60,61)/b50-35-/t39?,45-,59?/m1/s1. The summed E-state index contributed by atoms with van der Waals surface area (Å²) >= 11 is 0. The van der Waals surface area contributed by atoms with E-state index in [0.29, 0.717) is 5.84 Å². The number of allylic oxidation sites excluding steroid dienone is 4. The van der Waals surface area contributed by atoms with Gasteiger partial charge >= 0.3 is 0 Å². The average molecular weight is 824 g/mol. The molecule has 12 rings (SSSR count). The second kappa shape index (κ2) is 15.1. The zero-order valence-electron chi connectivity index (χ0n) is 35.5. The molecule has 64 heavy (non-hydrogen) atoms. The predicted molar refractivity (Wildman–Crippen MR) is 266 cm³/mol. The van der Waals surface area contributed by atoms with Crippen molar-refractivity contribution in [2.75, 3.05) is 0 Å². The minimum Gasteiger partial charge on any atom is -0.386 e. The molecular formula is C59H45N5. The average Bonchev–Trinajstić information content (AvgIpc) is 3.82. The highest BCUT2D eigenvalue weighted by molar-refractivity contribution is 6.15. The lowest BCUT2D eigenvalue weighted by Crippen LogP contribution is -2.26. The highest BCUT2D eigenvalue weighted by Crippen LogP contribution is 2.59. The van der Waals surface area contributed by atoms with Crippen molar-refractivity contribution >= 4 is 55.2 Å². The van der Waals surface area contributed by atoms with Crippen LogP contribution in [0.1, 0.15) is 36.1 Å². The third kappa shape index (κ3) is 6.15. The first kappa shape index (κ1) is 37.7. The lowest BCUT2D eigenvalue weighted by atomic mass is 9.90. The van der Waals surface area contributed by atoms with Gasteiger partial charge in [-0.3, -0.25) is 0 Å². The van der Waals surface area contributed by atoms with Crippen molar-refractivity contribution in [2.24, 2.45) is 22.1 Å². The van der Waals surface area contributed by atoms with Crippen molar-refractivity contribution in [3.05, 3.63) is 235 Å². The molecule has 1 saturated carbocycles. The molecule has 3 aromatic heterocycles. The number of hydrogen-bond acceptors (Lipinski definition) is 2. The first-order valence-electron chi connectivity index (χ1n) is 22.2. The van der Waals surface area contributed by atoms with E-state index < -0.39 is 5.41 Å². The Hall–Kier alpha value is -8.02. The Morgan fingerprint density at radius 1 is 0.703 bits per heavy atom. The van der Waals surface area contributed by atoms with E-state index in [0.717, 1.165) is 73.6 Å². The Morgan fingerprint density at radius 3 is 2.09 bits per heavy atom. The van der Waals surface area contributed by atoms with Crippen molar-refractivity contribution in [2.45, 2.75) is 19.3 Å². The molecule has 1 fully saturated rings. The first-order chi connectivity index (χ1) is 31.6. The van der Waals surface area contributed by atoms with Gasteiger partial charge in [0, 0.05) is 44.5 Å². The number of nitrogens with two attached hydrogens (primary N) is 1.